The predicted octanol–water partition coefficient (Wildman–Crippen LogP) is 2.31. The molecule has 6 nitrogen and oxygen atoms in total. The molecule has 0 bridgehead atoms. The second-order valence-corrected chi connectivity index (χ2v) is 4.76. The Bertz CT molecular complexity index is 601. The summed E-state index contributed by atoms with van der Waals surface area (Å²) >= 11 is 0. The van der Waals surface area contributed by atoms with Crippen molar-refractivity contribution in [1.82, 2.24) is 10.1 Å². The predicted molar refractivity (Wildman–Crippen MR) is 74.3 cm³/mol. The average molecular weight is 295 g/mol. The van der Waals surface area contributed by atoms with E-state index in [1.807, 2.05) is 13.8 Å². The lowest BCUT2D eigenvalue weighted by Gasteiger charge is -2.10. The standard InChI is InChI=1S/C14H18FN3O3/c1-8(2)20-7-10(16)13-17-14(21-18-13)12-9(15)5-4-6-11(12)19-3/h4-6,8,10H,7,16H2,1-3H3. The third-order valence-corrected chi connectivity index (χ3v) is 2.79. The van der Waals surface area contributed by atoms with E-state index in [1.54, 1.807) is 6.07 Å². The van der Waals surface area contributed by atoms with Crippen molar-refractivity contribution in [1.29, 1.82) is 0 Å². The molecule has 0 amide bonds. The zero-order valence-corrected chi connectivity index (χ0v) is 12.2. The van der Waals surface area contributed by atoms with Gasteiger partial charge in [-0.05, 0) is 26.0 Å². The van der Waals surface area contributed by atoms with Crippen LogP contribution in [-0.4, -0.2) is 30.0 Å². The molecule has 2 aromatic rings. The fourth-order valence-corrected chi connectivity index (χ4v) is 1.74. The SMILES string of the molecule is COc1cccc(F)c1-c1nc(C(N)COC(C)C)no1. The van der Waals surface area contributed by atoms with Gasteiger partial charge in [-0.3, -0.25) is 0 Å². The summed E-state index contributed by atoms with van der Waals surface area (Å²) in [5.74, 6) is 0.102. The molecule has 1 unspecified atom stereocenters. The van der Waals surface area contributed by atoms with Gasteiger partial charge in [0.15, 0.2) is 5.82 Å². The maximum atomic E-state index is 13.9. The molecule has 7 heteroatoms. The summed E-state index contributed by atoms with van der Waals surface area (Å²) in [5, 5.41) is 3.77. The molecule has 2 rings (SSSR count). The molecule has 0 aliphatic carbocycles. The van der Waals surface area contributed by atoms with E-state index in [0.717, 1.165) is 0 Å². The van der Waals surface area contributed by atoms with E-state index in [0.29, 0.717) is 5.75 Å². The fourth-order valence-electron chi connectivity index (χ4n) is 1.74. The first-order chi connectivity index (χ1) is 10.0. The lowest BCUT2D eigenvalue weighted by molar-refractivity contribution is 0.0665. The number of nitrogens with two attached hydrogens (primary N) is 1. The molecule has 2 N–H and O–H groups in total. The topological polar surface area (TPSA) is 83.4 Å². The van der Waals surface area contributed by atoms with Crippen molar-refractivity contribution < 1.29 is 18.4 Å². The van der Waals surface area contributed by atoms with Gasteiger partial charge in [0.05, 0.1) is 25.9 Å². The van der Waals surface area contributed by atoms with Crippen molar-refractivity contribution in [2.75, 3.05) is 13.7 Å². The molecular formula is C14H18FN3O3. The Morgan fingerprint density at radius 1 is 1.38 bits per heavy atom. The molecule has 1 atom stereocenters. The van der Waals surface area contributed by atoms with Crippen LogP contribution >= 0.6 is 0 Å². The van der Waals surface area contributed by atoms with Gasteiger partial charge in [-0.25, -0.2) is 4.39 Å². The Morgan fingerprint density at radius 3 is 2.81 bits per heavy atom. The summed E-state index contributed by atoms with van der Waals surface area (Å²) in [6.07, 6.45) is 0.0501. The van der Waals surface area contributed by atoms with Gasteiger partial charge in [0.25, 0.3) is 5.89 Å². The number of hydrogen-bond acceptors (Lipinski definition) is 6. The van der Waals surface area contributed by atoms with E-state index >= 15 is 0 Å². The van der Waals surface area contributed by atoms with Gasteiger partial charge in [0.1, 0.15) is 17.1 Å². The van der Waals surface area contributed by atoms with Crippen LogP contribution in [0, 0.1) is 5.82 Å². The summed E-state index contributed by atoms with van der Waals surface area (Å²) < 4.78 is 29.5. The summed E-state index contributed by atoms with van der Waals surface area (Å²) in [6.45, 7) is 4.06. The second-order valence-electron chi connectivity index (χ2n) is 4.76. The zero-order valence-electron chi connectivity index (χ0n) is 12.2. The van der Waals surface area contributed by atoms with Crippen molar-refractivity contribution in [3.63, 3.8) is 0 Å². The van der Waals surface area contributed by atoms with Crippen LogP contribution in [0.5, 0.6) is 5.75 Å². The molecule has 0 radical (unpaired) electrons. The van der Waals surface area contributed by atoms with E-state index in [-0.39, 0.29) is 30.0 Å². The van der Waals surface area contributed by atoms with Gasteiger partial charge < -0.3 is 19.7 Å². The Labute approximate surface area is 122 Å². The van der Waals surface area contributed by atoms with E-state index in [9.17, 15) is 4.39 Å². The maximum absolute atomic E-state index is 13.9. The molecule has 0 fully saturated rings. The van der Waals surface area contributed by atoms with E-state index in [2.05, 4.69) is 10.1 Å². The Kier molecular flexibility index (Phi) is 4.87. The van der Waals surface area contributed by atoms with Crippen LogP contribution in [0.3, 0.4) is 0 Å². The van der Waals surface area contributed by atoms with E-state index < -0.39 is 11.9 Å². The van der Waals surface area contributed by atoms with Crippen molar-refractivity contribution in [3.8, 4) is 17.2 Å². The number of methoxy groups -OCH3 is 1. The molecule has 0 spiro atoms. The highest BCUT2D eigenvalue weighted by Crippen LogP contribution is 2.31. The lowest BCUT2D eigenvalue weighted by atomic mass is 10.2. The average Bonchev–Trinajstić information content (AvgIpc) is 2.93. The van der Waals surface area contributed by atoms with Gasteiger partial charge in [-0.2, -0.15) is 4.98 Å². The molecule has 0 saturated carbocycles. The number of rotatable bonds is 6. The summed E-state index contributed by atoms with van der Waals surface area (Å²) in [4.78, 5) is 4.13. The fraction of sp³-hybridized carbons (Fsp3) is 0.429. The number of ether oxygens (including phenoxy) is 2. The minimum Gasteiger partial charge on any atom is -0.496 e. The molecule has 1 heterocycles. The number of benzene rings is 1. The van der Waals surface area contributed by atoms with Gasteiger partial charge in [-0.1, -0.05) is 11.2 Å². The van der Waals surface area contributed by atoms with Crippen molar-refractivity contribution in [3.05, 3.63) is 29.8 Å². The van der Waals surface area contributed by atoms with Crippen molar-refractivity contribution in [2.24, 2.45) is 5.73 Å². The Balaban J connectivity index is 2.24. The smallest absolute Gasteiger partial charge is 0.264 e. The maximum Gasteiger partial charge on any atom is 0.264 e. The number of aromatic nitrogens is 2. The number of halogens is 1. The zero-order chi connectivity index (χ0) is 15.4. The van der Waals surface area contributed by atoms with Gasteiger partial charge >= 0.3 is 0 Å². The van der Waals surface area contributed by atoms with E-state index in [4.69, 9.17) is 19.7 Å². The highest BCUT2D eigenvalue weighted by atomic mass is 19.1. The van der Waals surface area contributed by atoms with Crippen LogP contribution in [0.2, 0.25) is 0 Å². The second kappa shape index (κ2) is 6.64. The summed E-state index contributed by atoms with van der Waals surface area (Å²) in [5.41, 5.74) is 6.03. The Morgan fingerprint density at radius 2 is 2.14 bits per heavy atom. The molecule has 114 valence electrons. The molecule has 1 aromatic carbocycles. The summed E-state index contributed by atoms with van der Waals surface area (Å²) in [7, 11) is 1.44. The first kappa shape index (κ1) is 15.4. The van der Waals surface area contributed by atoms with Crippen LogP contribution in [0.1, 0.15) is 25.7 Å². The lowest BCUT2D eigenvalue weighted by Crippen LogP contribution is -2.20. The van der Waals surface area contributed by atoms with Crippen LogP contribution in [0.15, 0.2) is 22.7 Å². The number of nitrogens with zero attached hydrogens (tertiary/aromatic N) is 2. The minimum absolute atomic E-state index is 0.0277. The van der Waals surface area contributed by atoms with Crippen LogP contribution in [0.4, 0.5) is 4.39 Å². The van der Waals surface area contributed by atoms with Crippen LogP contribution < -0.4 is 10.5 Å². The molecule has 1 aromatic heterocycles. The summed E-state index contributed by atoms with van der Waals surface area (Å²) in [6, 6.07) is 3.91. The highest BCUT2D eigenvalue weighted by molar-refractivity contribution is 5.63. The quantitative estimate of drug-likeness (QED) is 0.880. The molecule has 21 heavy (non-hydrogen) atoms. The number of hydrogen-bond donors (Lipinski definition) is 1. The molecule has 0 saturated heterocycles. The van der Waals surface area contributed by atoms with Crippen LogP contribution in [0.25, 0.3) is 11.5 Å². The minimum atomic E-state index is -0.539. The first-order valence-electron chi connectivity index (χ1n) is 6.56. The molecule has 0 aliphatic rings. The molecular weight excluding hydrogens is 277 g/mol. The van der Waals surface area contributed by atoms with Crippen LogP contribution in [-0.2, 0) is 4.74 Å². The third-order valence-electron chi connectivity index (χ3n) is 2.79. The van der Waals surface area contributed by atoms with Gasteiger partial charge in [0, 0.05) is 0 Å². The van der Waals surface area contributed by atoms with E-state index in [1.165, 1.54) is 19.2 Å². The third kappa shape index (κ3) is 3.56. The largest absolute Gasteiger partial charge is 0.496 e. The van der Waals surface area contributed by atoms with Crippen molar-refractivity contribution >= 4 is 0 Å². The van der Waals surface area contributed by atoms with Crippen molar-refractivity contribution in [2.45, 2.75) is 26.0 Å². The monoisotopic (exact) mass is 295 g/mol. The first-order valence-corrected chi connectivity index (χ1v) is 6.56. The highest BCUT2D eigenvalue weighted by Gasteiger charge is 2.21. The van der Waals surface area contributed by atoms with Gasteiger partial charge in [-0.15, -0.1) is 0 Å². The molecule has 0 aliphatic heterocycles. The Hall–Kier alpha value is -1.99. The van der Waals surface area contributed by atoms with Gasteiger partial charge in [0.2, 0.25) is 0 Å². The normalized spacial score (nSPS) is 12.7.